The number of hydrogen-bond acceptors (Lipinski definition) is 10. The predicted octanol–water partition coefficient (Wildman–Crippen LogP) is -0.488. The van der Waals surface area contributed by atoms with Crippen LogP contribution < -0.4 is 16.0 Å². The van der Waals surface area contributed by atoms with Crippen LogP contribution in [0, 0.1) is 11.8 Å². The van der Waals surface area contributed by atoms with Gasteiger partial charge in [0.25, 0.3) is 0 Å². The average Bonchev–Trinajstić information content (AvgIpc) is 3.31. The third-order valence-electron chi connectivity index (χ3n) is 9.40. The number of carbonyl (C=O) groups is 3. The first-order valence-electron chi connectivity index (χ1n) is 14.4. The normalized spacial score (nSPS) is 29.0. The second-order valence-electron chi connectivity index (χ2n) is 12.6. The Morgan fingerprint density at radius 3 is 2.47 bits per heavy atom. The van der Waals surface area contributed by atoms with E-state index in [4.69, 9.17) is 13.2 Å². The van der Waals surface area contributed by atoms with E-state index in [-0.39, 0.29) is 41.7 Å². The molecule has 4 aliphatic rings. The van der Waals surface area contributed by atoms with Gasteiger partial charge in [-0.2, -0.15) is 0 Å². The van der Waals surface area contributed by atoms with Crippen molar-refractivity contribution in [3.05, 3.63) is 39.7 Å². The van der Waals surface area contributed by atoms with Crippen LogP contribution in [0.25, 0.3) is 5.76 Å². The first-order chi connectivity index (χ1) is 20.1. The molecule has 1 aliphatic heterocycles. The second-order valence-corrected chi connectivity index (χ2v) is 12.6. The number of carbonyl (C=O) groups excluding carboxylic acids is 3. The summed E-state index contributed by atoms with van der Waals surface area (Å²) in [5, 5.41) is 48.8. The number of phenols is 1. The Morgan fingerprint density at radius 2 is 1.88 bits per heavy atom. The Bertz CT molecular complexity index is 1500. The minimum absolute atomic E-state index is 0.0398. The molecule has 1 aromatic carbocycles. The fourth-order valence-corrected chi connectivity index (χ4v) is 7.77. The van der Waals surface area contributed by atoms with Gasteiger partial charge in [0.1, 0.15) is 0 Å². The molecule has 7 N–H and O–H groups in total. The van der Waals surface area contributed by atoms with E-state index in [1.54, 1.807) is 25.1 Å². The molecule has 2 fully saturated rings. The van der Waals surface area contributed by atoms with Crippen LogP contribution in [0.5, 0.6) is 5.75 Å². The molecule has 3 aliphatic carbocycles. The fourth-order valence-electron chi connectivity index (χ4n) is 7.77. The van der Waals surface area contributed by atoms with Crippen molar-refractivity contribution in [2.45, 2.75) is 50.4 Å². The van der Waals surface area contributed by atoms with Gasteiger partial charge in [0.2, 0.25) is 5.91 Å². The van der Waals surface area contributed by atoms with Crippen LogP contribution in [0.2, 0.25) is 0 Å². The molecule has 229 valence electrons. The Hall–Kier alpha value is -3.68. The molecule has 0 bridgehead atoms. The van der Waals surface area contributed by atoms with Gasteiger partial charge in [-0.3, -0.25) is 4.79 Å². The molecule has 0 spiro atoms. The van der Waals surface area contributed by atoms with Crippen LogP contribution in [0.1, 0.15) is 36.5 Å². The number of likely N-dealkylation sites (N-methyl/N-ethyl adjacent to an activating group) is 1. The zero-order chi connectivity index (χ0) is 31.7. The van der Waals surface area contributed by atoms with Gasteiger partial charge in [-0.05, 0) is 6.42 Å². The monoisotopic (exact) mass is 592 g/mol. The van der Waals surface area contributed by atoms with E-state index in [2.05, 4.69) is 10.2 Å². The molecular weight excluding hydrogens is 553 g/mol. The SMILES string of the molecule is [B]=C1C(C(N)=O)=C(O)[C@@H](N(C)C)[C@@H]2C[C@@H]3Cc4c(c(O)cc(CN5CC[C@H](NC(C)=O)C5)c4N(C)C)C(O)=C3C(=O)[C@]12O. The van der Waals surface area contributed by atoms with Crippen LogP contribution in [0.3, 0.4) is 0 Å². The van der Waals surface area contributed by atoms with Gasteiger partial charge in [-0.25, -0.2) is 0 Å². The predicted molar refractivity (Wildman–Crippen MR) is 162 cm³/mol. The quantitative estimate of drug-likeness (QED) is 0.236. The standard InChI is InChI=1S/C30H39BN5O7/c1-13(37)33-16-6-7-36(12-16)11-15-10-19(38)21-17(23(15)34(2)3)8-14-9-18-24(35(4)5)26(40)22(29(32)42)27(31)30(18,43)28(41)20(14)25(21)39/h10,14,16,18,24,38-40,43H,6-9,11-12H2,1-5H3,(H2,32,42)(H,33,37)/t14-,16-,18-,24-,30+/m0/s1. The summed E-state index contributed by atoms with van der Waals surface area (Å²) in [5.74, 6) is -4.65. The summed E-state index contributed by atoms with van der Waals surface area (Å²) >= 11 is 0. The fraction of sp³-hybridized carbons (Fsp3) is 0.533. The van der Waals surface area contributed by atoms with Crippen molar-refractivity contribution in [3.63, 3.8) is 0 Å². The first kappa shape index (κ1) is 30.8. The summed E-state index contributed by atoms with van der Waals surface area (Å²) in [6.45, 7) is 3.41. The summed E-state index contributed by atoms with van der Waals surface area (Å²) < 4.78 is 0. The van der Waals surface area contributed by atoms with E-state index >= 15 is 0 Å². The third kappa shape index (κ3) is 4.74. The molecule has 0 aromatic heterocycles. The molecule has 5 atom stereocenters. The van der Waals surface area contributed by atoms with Gasteiger partial charge in [0.15, 0.2) is 0 Å². The number of benzene rings is 1. The minimum atomic E-state index is -2.41. The van der Waals surface area contributed by atoms with Gasteiger partial charge in [-0.1, -0.05) is 0 Å². The number of hydrogen-bond donors (Lipinski definition) is 6. The number of nitrogens with one attached hydrogen (secondary N) is 1. The van der Waals surface area contributed by atoms with Gasteiger partial charge in [-0.15, -0.1) is 0 Å². The van der Waals surface area contributed by atoms with Crippen LogP contribution in [0.15, 0.2) is 23.0 Å². The number of Topliss-reactive ketones (excluding diaryl/α,β-unsaturated/α-hetero) is 1. The van der Waals surface area contributed by atoms with Crippen molar-refractivity contribution in [1.82, 2.24) is 15.1 Å². The maximum absolute atomic E-state index is 14.2. The number of aromatic hydroxyl groups is 1. The molecule has 1 saturated carbocycles. The van der Waals surface area contributed by atoms with Crippen LogP contribution in [-0.4, -0.2) is 120 Å². The van der Waals surface area contributed by atoms with Gasteiger partial charge in [0, 0.05) is 13.0 Å². The van der Waals surface area contributed by atoms with Crippen LogP contribution >= 0.6 is 0 Å². The van der Waals surface area contributed by atoms with Crippen molar-refractivity contribution in [2.24, 2.45) is 17.6 Å². The molecule has 1 heterocycles. The summed E-state index contributed by atoms with van der Waals surface area (Å²) in [4.78, 5) is 43.7. The van der Waals surface area contributed by atoms with Gasteiger partial charge in [0.05, 0.1) is 0 Å². The number of amides is 2. The van der Waals surface area contributed by atoms with E-state index < -0.39 is 57.7 Å². The second kappa shape index (κ2) is 10.8. The first-order valence-corrected chi connectivity index (χ1v) is 14.4. The third-order valence-corrected chi connectivity index (χ3v) is 9.40. The van der Waals surface area contributed by atoms with E-state index in [0.29, 0.717) is 18.7 Å². The van der Waals surface area contributed by atoms with Gasteiger partial charge >= 0.3 is 216 Å². The molecule has 1 saturated heterocycles. The number of nitrogens with two attached hydrogens (primary N) is 1. The number of primary amides is 1. The summed E-state index contributed by atoms with van der Waals surface area (Å²) in [7, 11) is 13.3. The zero-order valence-corrected chi connectivity index (χ0v) is 25.1. The summed E-state index contributed by atoms with van der Waals surface area (Å²) in [6.07, 6.45) is 1.22. The number of nitrogens with zero attached hydrogens (tertiary/aromatic N) is 3. The number of anilines is 1. The molecule has 12 nitrogen and oxygen atoms in total. The number of likely N-dealkylation sites (tertiary alicyclic amines) is 1. The van der Waals surface area contributed by atoms with E-state index in [9.17, 15) is 34.8 Å². The van der Waals surface area contributed by atoms with Crippen molar-refractivity contribution in [2.75, 3.05) is 46.2 Å². The molecule has 13 heteroatoms. The van der Waals surface area contributed by atoms with Crippen molar-refractivity contribution < 1.29 is 34.8 Å². The van der Waals surface area contributed by atoms with Crippen LogP contribution in [-0.2, 0) is 27.3 Å². The molecule has 1 radical (unpaired) electrons. The number of aliphatic hydroxyl groups excluding tert-OH is 2. The summed E-state index contributed by atoms with van der Waals surface area (Å²) in [6, 6.07) is 0.670. The Kier molecular flexibility index (Phi) is 7.73. The number of phenolic OH excluding ortho intramolecular Hbond substituents is 1. The molecular formula is C30H39BN5O7. The average molecular weight is 592 g/mol. The topological polar surface area (TPSA) is 180 Å². The van der Waals surface area contributed by atoms with Crippen molar-refractivity contribution >= 4 is 42.0 Å². The van der Waals surface area contributed by atoms with Gasteiger partial charge < -0.3 is 5.32 Å². The number of ketones is 1. The Morgan fingerprint density at radius 1 is 1.21 bits per heavy atom. The maximum atomic E-state index is 14.2. The van der Waals surface area contributed by atoms with E-state index in [1.807, 2.05) is 19.0 Å². The molecule has 5 rings (SSSR count). The Balaban J connectivity index is 1.60. The molecule has 2 amide bonds. The molecule has 43 heavy (non-hydrogen) atoms. The summed E-state index contributed by atoms with van der Waals surface area (Å²) in [5.41, 5.74) is 4.35. The number of aliphatic hydroxyl groups is 3. The van der Waals surface area contributed by atoms with Crippen LogP contribution in [0.4, 0.5) is 5.69 Å². The van der Waals surface area contributed by atoms with Crippen molar-refractivity contribution in [1.29, 1.82) is 0 Å². The van der Waals surface area contributed by atoms with Crippen molar-refractivity contribution in [3.8, 4) is 5.75 Å². The molecule has 1 aromatic rings. The van der Waals surface area contributed by atoms with E-state index in [1.165, 1.54) is 6.92 Å². The Labute approximate surface area is 251 Å². The number of fused-ring (bicyclic) bond motifs is 3. The number of rotatable bonds is 6. The van der Waals surface area contributed by atoms with E-state index in [0.717, 1.165) is 24.2 Å². The zero-order valence-electron chi connectivity index (χ0n) is 25.1. The molecule has 0 unspecified atom stereocenters.